The van der Waals surface area contributed by atoms with Crippen molar-refractivity contribution in [2.24, 2.45) is 5.14 Å². The van der Waals surface area contributed by atoms with Crippen LogP contribution in [0.2, 0.25) is 5.02 Å². The van der Waals surface area contributed by atoms with Crippen LogP contribution in [0, 0.1) is 6.92 Å². The van der Waals surface area contributed by atoms with Crippen LogP contribution in [-0.4, -0.2) is 27.4 Å². The lowest BCUT2D eigenvalue weighted by Crippen LogP contribution is -2.29. The summed E-state index contributed by atoms with van der Waals surface area (Å²) in [5, 5.41) is 11.3. The molecule has 0 bridgehead atoms. The topological polar surface area (TPSA) is 101 Å². The van der Waals surface area contributed by atoms with Crippen molar-refractivity contribution in [2.75, 3.05) is 18.4 Å². The second-order valence-corrected chi connectivity index (χ2v) is 7.62. The molecular formula is C17H20ClN3O3S. The van der Waals surface area contributed by atoms with E-state index in [4.69, 9.17) is 16.7 Å². The Balaban J connectivity index is 1.77. The van der Waals surface area contributed by atoms with E-state index in [1.807, 2.05) is 19.1 Å². The van der Waals surface area contributed by atoms with E-state index in [9.17, 15) is 13.2 Å². The molecule has 2 rings (SSSR count). The minimum Gasteiger partial charge on any atom is -0.324 e. The maximum absolute atomic E-state index is 11.9. The van der Waals surface area contributed by atoms with Crippen LogP contribution >= 0.6 is 11.6 Å². The summed E-state index contributed by atoms with van der Waals surface area (Å²) in [7, 11) is -3.67. The van der Waals surface area contributed by atoms with Crippen molar-refractivity contribution in [3.8, 4) is 0 Å². The number of nitrogens with one attached hydrogen (secondary N) is 2. The molecule has 134 valence electrons. The summed E-state index contributed by atoms with van der Waals surface area (Å²) >= 11 is 6.04. The molecule has 1 amide bonds. The number of carbonyl (C=O) groups is 1. The number of anilines is 1. The molecular weight excluding hydrogens is 362 g/mol. The summed E-state index contributed by atoms with van der Waals surface area (Å²) in [4.78, 5) is 12.0. The highest BCUT2D eigenvalue weighted by atomic mass is 35.5. The Hall–Kier alpha value is -1.93. The lowest BCUT2D eigenvalue weighted by Gasteiger charge is -2.09. The molecule has 0 unspecified atom stereocenters. The van der Waals surface area contributed by atoms with Gasteiger partial charge in [-0.05, 0) is 55.3 Å². The molecule has 0 aliphatic heterocycles. The Morgan fingerprint density at radius 3 is 2.48 bits per heavy atom. The van der Waals surface area contributed by atoms with E-state index in [0.29, 0.717) is 23.7 Å². The number of hydrogen-bond acceptors (Lipinski definition) is 4. The molecule has 0 spiro atoms. The van der Waals surface area contributed by atoms with E-state index in [0.717, 1.165) is 11.1 Å². The Bertz CT molecular complexity index is 852. The molecule has 0 saturated carbocycles. The fourth-order valence-electron chi connectivity index (χ4n) is 2.21. The molecule has 0 saturated heterocycles. The molecule has 0 aromatic heterocycles. The van der Waals surface area contributed by atoms with Gasteiger partial charge in [0, 0.05) is 0 Å². The number of carbonyl (C=O) groups excluding carboxylic acids is 1. The summed E-state index contributed by atoms with van der Waals surface area (Å²) in [5.41, 5.74) is 2.55. The lowest BCUT2D eigenvalue weighted by molar-refractivity contribution is -0.115. The van der Waals surface area contributed by atoms with Gasteiger partial charge >= 0.3 is 0 Å². The van der Waals surface area contributed by atoms with Crippen LogP contribution < -0.4 is 15.8 Å². The van der Waals surface area contributed by atoms with E-state index >= 15 is 0 Å². The number of halogens is 1. The smallest absolute Gasteiger partial charge is 0.238 e. The third kappa shape index (κ3) is 6.13. The van der Waals surface area contributed by atoms with Crippen LogP contribution in [0.5, 0.6) is 0 Å². The van der Waals surface area contributed by atoms with Crippen molar-refractivity contribution >= 4 is 33.2 Å². The monoisotopic (exact) mass is 381 g/mol. The molecule has 0 atom stereocenters. The molecule has 0 aliphatic rings. The quantitative estimate of drug-likeness (QED) is 0.639. The Morgan fingerprint density at radius 1 is 1.16 bits per heavy atom. The number of aryl methyl sites for hydroxylation is 1. The first-order valence-corrected chi connectivity index (χ1v) is 9.56. The third-order valence-electron chi connectivity index (χ3n) is 3.52. The van der Waals surface area contributed by atoms with E-state index in [2.05, 4.69) is 10.6 Å². The Morgan fingerprint density at radius 2 is 1.84 bits per heavy atom. The minimum absolute atomic E-state index is 0.0821. The minimum atomic E-state index is -3.67. The van der Waals surface area contributed by atoms with Gasteiger partial charge in [0.05, 0.1) is 22.2 Å². The molecule has 8 heteroatoms. The number of rotatable bonds is 7. The van der Waals surface area contributed by atoms with Gasteiger partial charge in [-0.1, -0.05) is 29.8 Å². The molecule has 2 aromatic carbocycles. The van der Waals surface area contributed by atoms with Crippen LogP contribution in [0.25, 0.3) is 0 Å². The van der Waals surface area contributed by atoms with Gasteiger partial charge in [0.25, 0.3) is 0 Å². The largest absolute Gasteiger partial charge is 0.324 e. The Labute approximate surface area is 152 Å². The summed E-state index contributed by atoms with van der Waals surface area (Å²) in [6.45, 7) is 2.65. The molecule has 2 aromatic rings. The highest BCUT2D eigenvalue weighted by Crippen LogP contribution is 2.22. The van der Waals surface area contributed by atoms with Crippen molar-refractivity contribution in [3.63, 3.8) is 0 Å². The van der Waals surface area contributed by atoms with Gasteiger partial charge in [0.15, 0.2) is 0 Å². The number of sulfonamides is 1. The van der Waals surface area contributed by atoms with Crippen molar-refractivity contribution in [3.05, 3.63) is 58.6 Å². The third-order valence-corrected chi connectivity index (χ3v) is 4.78. The number of amides is 1. The van der Waals surface area contributed by atoms with Crippen molar-refractivity contribution in [2.45, 2.75) is 18.2 Å². The van der Waals surface area contributed by atoms with Crippen LogP contribution in [0.1, 0.15) is 11.1 Å². The molecule has 25 heavy (non-hydrogen) atoms. The van der Waals surface area contributed by atoms with Gasteiger partial charge in [-0.15, -0.1) is 0 Å². The van der Waals surface area contributed by atoms with Crippen LogP contribution in [0.4, 0.5) is 5.69 Å². The molecule has 0 aliphatic carbocycles. The van der Waals surface area contributed by atoms with Gasteiger partial charge in [-0.3, -0.25) is 4.79 Å². The number of primary sulfonamides is 1. The summed E-state index contributed by atoms with van der Waals surface area (Å²) in [6, 6.07) is 11.8. The van der Waals surface area contributed by atoms with E-state index in [-0.39, 0.29) is 17.3 Å². The first kappa shape index (κ1) is 19.4. The lowest BCUT2D eigenvalue weighted by atomic mass is 10.1. The first-order valence-electron chi connectivity index (χ1n) is 7.64. The Kier molecular flexibility index (Phi) is 6.55. The zero-order valence-electron chi connectivity index (χ0n) is 13.8. The maximum atomic E-state index is 11.9. The van der Waals surface area contributed by atoms with Gasteiger partial charge in [-0.25, -0.2) is 13.6 Å². The van der Waals surface area contributed by atoms with E-state index in [1.165, 1.54) is 12.1 Å². The average molecular weight is 382 g/mol. The van der Waals surface area contributed by atoms with Gasteiger partial charge < -0.3 is 10.6 Å². The van der Waals surface area contributed by atoms with Gasteiger partial charge in [-0.2, -0.15) is 0 Å². The molecule has 0 fully saturated rings. The van der Waals surface area contributed by atoms with Crippen LogP contribution in [0.3, 0.4) is 0 Å². The summed E-state index contributed by atoms with van der Waals surface area (Å²) < 4.78 is 22.4. The van der Waals surface area contributed by atoms with Crippen LogP contribution in [0.15, 0.2) is 47.4 Å². The second kappa shape index (κ2) is 8.44. The predicted octanol–water partition coefficient (Wildman–Crippen LogP) is 2.07. The molecule has 6 nitrogen and oxygen atoms in total. The number of benzene rings is 2. The van der Waals surface area contributed by atoms with Crippen molar-refractivity contribution < 1.29 is 13.2 Å². The predicted molar refractivity (Wildman–Crippen MR) is 99.2 cm³/mol. The number of hydrogen-bond donors (Lipinski definition) is 3. The fraction of sp³-hybridized carbons (Fsp3) is 0.235. The normalized spacial score (nSPS) is 11.3. The van der Waals surface area contributed by atoms with Crippen molar-refractivity contribution in [1.29, 1.82) is 0 Å². The highest BCUT2D eigenvalue weighted by molar-refractivity contribution is 7.89. The van der Waals surface area contributed by atoms with E-state index < -0.39 is 10.0 Å². The number of nitrogens with two attached hydrogens (primary N) is 1. The van der Waals surface area contributed by atoms with Gasteiger partial charge in [0.1, 0.15) is 0 Å². The van der Waals surface area contributed by atoms with Crippen LogP contribution in [-0.2, 0) is 21.2 Å². The standard InChI is InChI=1S/C17H20ClN3O3S/c1-12-2-7-15(18)16(10-12)21-17(22)11-20-9-8-13-3-5-14(6-4-13)25(19,23)24/h2-7,10,20H,8-9,11H2,1H3,(H,21,22)(H2,19,23,24). The second-order valence-electron chi connectivity index (χ2n) is 5.65. The molecule has 0 heterocycles. The highest BCUT2D eigenvalue weighted by Gasteiger charge is 2.07. The van der Waals surface area contributed by atoms with Gasteiger partial charge in [0.2, 0.25) is 15.9 Å². The molecule has 4 N–H and O–H groups in total. The average Bonchev–Trinajstić information content (AvgIpc) is 2.55. The summed E-state index contributed by atoms with van der Waals surface area (Å²) in [5.74, 6) is -0.183. The summed E-state index contributed by atoms with van der Waals surface area (Å²) in [6.07, 6.45) is 0.656. The zero-order valence-corrected chi connectivity index (χ0v) is 15.3. The fourth-order valence-corrected chi connectivity index (χ4v) is 2.89. The van der Waals surface area contributed by atoms with E-state index in [1.54, 1.807) is 18.2 Å². The van der Waals surface area contributed by atoms with Crippen molar-refractivity contribution in [1.82, 2.24) is 5.32 Å². The maximum Gasteiger partial charge on any atom is 0.238 e. The first-order chi connectivity index (χ1) is 11.8. The molecule has 0 radical (unpaired) electrons. The zero-order chi connectivity index (χ0) is 18.4. The SMILES string of the molecule is Cc1ccc(Cl)c(NC(=O)CNCCc2ccc(S(N)(=O)=O)cc2)c1.